The first-order valence-electron chi connectivity index (χ1n) is 8.72. The van der Waals surface area contributed by atoms with Crippen molar-refractivity contribution in [2.45, 2.75) is 51.7 Å². The normalized spacial score (nSPS) is 16.2. The van der Waals surface area contributed by atoms with E-state index in [0.29, 0.717) is 13.1 Å². The molecule has 0 aliphatic carbocycles. The SMILES string of the molecule is CC(C)c1nnc2n1CC(NC(=O)NCc1ccc(C(=O)O)cc1)CC2. The van der Waals surface area contributed by atoms with Gasteiger partial charge in [0.25, 0.3) is 0 Å². The maximum absolute atomic E-state index is 12.2. The number of hydrogen-bond donors (Lipinski definition) is 3. The van der Waals surface area contributed by atoms with E-state index in [0.717, 1.165) is 30.1 Å². The number of carbonyl (C=O) groups excluding carboxylic acids is 1. The van der Waals surface area contributed by atoms with Crippen LogP contribution in [0.15, 0.2) is 24.3 Å². The van der Waals surface area contributed by atoms with Crippen molar-refractivity contribution in [3.05, 3.63) is 47.0 Å². The van der Waals surface area contributed by atoms with Crippen molar-refractivity contribution in [1.82, 2.24) is 25.4 Å². The van der Waals surface area contributed by atoms with Gasteiger partial charge in [-0.2, -0.15) is 0 Å². The first-order chi connectivity index (χ1) is 12.4. The zero-order valence-electron chi connectivity index (χ0n) is 14.9. The van der Waals surface area contributed by atoms with Gasteiger partial charge in [0.2, 0.25) is 0 Å². The van der Waals surface area contributed by atoms with Gasteiger partial charge in [0, 0.05) is 31.5 Å². The van der Waals surface area contributed by atoms with Gasteiger partial charge in [-0.25, -0.2) is 9.59 Å². The van der Waals surface area contributed by atoms with Crippen LogP contribution >= 0.6 is 0 Å². The third-order valence-electron chi connectivity index (χ3n) is 4.48. The van der Waals surface area contributed by atoms with Crippen molar-refractivity contribution in [1.29, 1.82) is 0 Å². The molecule has 1 aromatic heterocycles. The molecule has 8 nitrogen and oxygen atoms in total. The third kappa shape index (κ3) is 4.01. The number of carboxylic acids is 1. The van der Waals surface area contributed by atoms with Crippen LogP contribution in [0.4, 0.5) is 4.79 Å². The molecule has 0 fully saturated rings. The number of benzene rings is 1. The largest absolute Gasteiger partial charge is 0.478 e. The fourth-order valence-electron chi connectivity index (χ4n) is 3.08. The number of fused-ring (bicyclic) bond motifs is 1. The Morgan fingerprint density at radius 1 is 1.27 bits per heavy atom. The quantitative estimate of drug-likeness (QED) is 0.757. The van der Waals surface area contributed by atoms with Gasteiger partial charge in [0.1, 0.15) is 11.6 Å². The lowest BCUT2D eigenvalue weighted by Gasteiger charge is -2.26. The molecule has 1 atom stereocenters. The number of nitrogens with zero attached hydrogens (tertiary/aromatic N) is 3. The summed E-state index contributed by atoms with van der Waals surface area (Å²) in [6.45, 7) is 5.18. The minimum atomic E-state index is -0.964. The molecule has 0 saturated carbocycles. The molecule has 1 unspecified atom stereocenters. The standard InChI is InChI=1S/C18H23N5O3/c1-11(2)16-22-21-15-8-7-14(10-23(15)16)20-18(26)19-9-12-3-5-13(6-4-12)17(24)25/h3-6,11,14H,7-10H2,1-2H3,(H,24,25)(H2,19,20,26). The lowest BCUT2D eigenvalue weighted by Crippen LogP contribution is -2.45. The number of aryl methyl sites for hydroxylation is 1. The van der Waals surface area contributed by atoms with Crippen molar-refractivity contribution < 1.29 is 14.7 Å². The number of carbonyl (C=O) groups is 2. The van der Waals surface area contributed by atoms with Crippen LogP contribution in [0.5, 0.6) is 0 Å². The molecule has 3 rings (SSSR count). The van der Waals surface area contributed by atoms with Crippen molar-refractivity contribution in [3.63, 3.8) is 0 Å². The molecule has 26 heavy (non-hydrogen) atoms. The second kappa shape index (κ2) is 7.55. The average Bonchev–Trinajstić information content (AvgIpc) is 3.04. The number of aromatic nitrogens is 3. The van der Waals surface area contributed by atoms with Crippen LogP contribution < -0.4 is 10.6 Å². The van der Waals surface area contributed by atoms with Crippen molar-refractivity contribution >= 4 is 12.0 Å². The van der Waals surface area contributed by atoms with E-state index < -0.39 is 5.97 Å². The number of aromatic carboxylic acids is 1. The van der Waals surface area contributed by atoms with Gasteiger partial charge in [-0.3, -0.25) is 0 Å². The summed E-state index contributed by atoms with van der Waals surface area (Å²) in [5.74, 6) is 1.25. The molecule has 2 heterocycles. The monoisotopic (exact) mass is 357 g/mol. The number of carboxylic acid groups (broad SMARTS) is 1. The van der Waals surface area contributed by atoms with Crippen LogP contribution in [0.2, 0.25) is 0 Å². The highest BCUT2D eigenvalue weighted by molar-refractivity contribution is 5.87. The first kappa shape index (κ1) is 17.9. The molecule has 8 heteroatoms. The maximum atomic E-state index is 12.2. The Morgan fingerprint density at radius 3 is 2.65 bits per heavy atom. The summed E-state index contributed by atoms with van der Waals surface area (Å²) in [6.07, 6.45) is 1.62. The topological polar surface area (TPSA) is 109 Å². The van der Waals surface area contributed by atoms with Gasteiger partial charge in [0.15, 0.2) is 0 Å². The van der Waals surface area contributed by atoms with Gasteiger partial charge in [-0.05, 0) is 24.1 Å². The summed E-state index contributed by atoms with van der Waals surface area (Å²) in [4.78, 5) is 23.0. The van der Waals surface area contributed by atoms with Gasteiger partial charge in [0.05, 0.1) is 5.56 Å². The molecule has 138 valence electrons. The van der Waals surface area contributed by atoms with Gasteiger partial charge < -0.3 is 20.3 Å². The van der Waals surface area contributed by atoms with E-state index in [2.05, 4.69) is 39.2 Å². The predicted octanol–water partition coefficient (Wildman–Crippen LogP) is 1.91. The molecular formula is C18H23N5O3. The van der Waals surface area contributed by atoms with Gasteiger partial charge in [-0.1, -0.05) is 26.0 Å². The second-order valence-electron chi connectivity index (χ2n) is 6.80. The Balaban J connectivity index is 1.52. The molecular weight excluding hydrogens is 334 g/mol. The van der Waals surface area contributed by atoms with Crippen LogP contribution in [-0.2, 0) is 19.5 Å². The van der Waals surface area contributed by atoms with Crippen LogP contribution in [0.25, 0.3) is 0 Å². The number of urea groups is 1. The highest BCUT2D eigenvalue weighted by atomic mass is 16.4. The summed E-state index contributed by atoms with van der Waals surface area (Å²) >= 11 is 0. The highest BCUT2D eigenvalue weighted by Crippen LogP contribution is 2.20. The Labute approximate surface area is 151 Å². The van der Waals surface area contributed by atoms with Crippen molar-refractivity contribution in [2.24, 2.45) is 0 Å². The number of amides is 2. The van der Waals surface area contributed by atoms with E-state index >= 15 is 0 Å². The van der Waals surface area contributed by atoms with Crippen LogP contribution in [-0.4, -0.2) is 37.9 Å². The molecule has 1 aliphatic rings. The third-order valence-corrected chi connectivity index (χ3v) is 4.48. The van der Waals surface area contributed by atoms with E-state index in [1.165, 1.54) is 12.1 Å². The Bertz CT molecular complexity index is 798. The van der Waals surface area contributed by atoms with E-state index in [9.17, 15) is 9.59 Å². The summed E-state index contributed by atoms with van der Waals surface area (Å²) in [7, 11) is 0. The van der Waals surface area contributed by atoms with Gasteiger partial charge in [-0.15, -0.1) is 10.2 Å². The molecule has 0 radical (unpaired) electrons. The number of hydrogen-bond acceptors (Lipinski definition) is 4. The van der Waals surface area contributed by atoms with Crippen LogP contribution in [0.1, 0.15) is 53.8 Å². The smallest absolute Gasteiger partial charge is 0.335 e. The van der Waals surface area contributed by atoms with Crippen molar-refractivity contribution in [3.8, 4) is 0 Å². The Morgan fingerprint density at radius 2 is 2.00 bits per heavy atom. The highest BCUT2D eigenvalue weighted by Gasteiger charge is 2.24. The predicted molar refractivity (Wildman–Crippen MR) is 95.0 cm³/mol. The van der Waals surface area contributed by atoms with E-state index in [-0.39, 0.29) is 23.6 Å². The molecule has 0 spiro atoms. The number of rotatable bonds is 5. The number of nitrogens with one attached hydrogen (secondary N) is 2. The minimum absolute atomic E-state index is 0.0328. The molecule has 0 bridgehead atoms. The summed E-state index contributed by atoms with van der Waals surface area (Å²) < 4.78 is 2.10. The fraction of sp³-hybridized carbons (Fsp3) is 0.444. The minimum Gasteiger partial charge on any atom is -0.478 e. The van der Waals surface area contributed by atoms with Crippen molar-refractivity contribution in [2.75, 3.05) is 0 Å². The summed E-state index contributed by atoms with van der Waals surface area (Å²) in [6, 6.07) is 6.25. The molecule has 3 N–H and O–H groups in total. The Kier molecular flexibility index (Phi) is 5.20. The zero-order valence-corrected chi connectivity index (χ0v) is 14.9. The summed E-state index contributed by atoms with van der Waals surface area (Å²) in [5.41, 5.74) is 1.07. The zero-order chi connectivity index (χ0) is 18.7. The molecule has 1 aromatic carbocycles. The van der Waals surface area contributed by atoms with E-state index in [1.807, 2.05) is 0 Å². The molecule has 0 saturated heterocycles. The van der Waals surface area contributed by atoms with E-state index in [1.54, 1.807) is 12.1 Å². The van der Waals surface area contributed by atoms with Crippen LogP contribution in [0, 0.1) is 0 Å². The molecule has 2 amide bonds. The maximum Gasteiger partial charge on any atom is 0.335 e. The van der Waals surface area contributed by atoms with E-state index in [4.69, 9.17) is 5.11 Å². The van der Waals surface area contributed by atoms with Crippen LogP contribution in [0.3, 0.4) is 0 Å². The second-order valence-corrected chi connectivity index (χ2v) is 6.80. The lowest BCUT2D eigenvalue weighted by atomic mass is 10.1. The fourth-order valence-corrected chi connectivity index (χ4v) is 3.08. The van der Waals surface area contributed by atoms with Gasteiger partial charge >= 0.3 is 12.0 Å². The summed E-state index contributed by atoms with van der Waals surface area (Å²) in [5, 5.41) is 23.2. The lowest BCUT2D eigenvalue weighted by molar-refractivity contribution is 0.0697. The first-order valence-corrected chi connectivity index (χ1v) is 8.72. The molecule has 2 aromatic rings. The average molecular weight is 357 g/mol. The Hall–Kier alpha value is -2.90. The molecule has 1 aliphatic heterocycles.